The zero-order valence-corrected chi connectivity index (χ0v) is 15.5. The van der Waals surface area contributed by atoms with Gasteiger partial charge in [-0.25, -0.2) is 0 Å². The highest BCUT2D eigenvalue weighted by Gasteiger charge is 2.10. The van der Waals surface area contributed by atoms with Gasteiger partial charge in [-0.15, -0.1) is 0 Å². The number of carbonyl (C=O) groups excluding carboxylic acids is 2. The van der Waals surface area contributed by atoms with Crippen LogP contribution in [0.3, 0.4) is 0 Å². The molecule has 1 aromatic rings. The number of hydrogen-bond donors (Lipinski definition) is 1. The molecular formula is C19H30N2O4. The molecule has 0 bridgehead atoms. The highest BCUT2D eigenvalue weighted by atomic mass is 16.5. The van der Waals surface area contributed by atoms with Gasteiger partial charge in [-0.2, -0.15) is 0 Å². The van der Waals surface area contributed by atoms with Crippen molar-refractivity contribution in [3.8, 4) is 5.75 Å². The van der Waals surface area contributed by atoms with Crippen LogP contribution in [0.1, 0.15) is 37.0 Å². The number of likely N-dealkylation sites (N-methyl/N-ethyl adjacent to an activating group) is 1. The van der Waals surface area contributed by atoms with Crippen LogP contribution in [-0.2, 0) is 9.53 Å². The minimum absolute atomic E-state index is 0.0653. The highest BCUT2D eigenvalue weighted by Crippen LogP contribution is 2.14. The van der Waals surface area contributed by atoms with Gasteiger partial charge in [0.25, 0.3) is 0 Å². The molecule has 0 aliphatic carbocycles. The van der Waals surface area contributed by atoms with Gasteiger partial charge >= 0.3 is 0 Å². The van der Waals surface area contributed by atoms with Crippen LogP contribution in [0.15, 0.2) is 24.3 Å². The van der Waals surface area contributed by atoms with Crippen molar-refractivity contribution in [2.24, 2.45) is 0 Å². The summed E-state index contributed by atoms with van der Waals surface area (Å²) in [7, 11) is 1.56. The molecule has 0 saturated carbocycles. The van der Waals surface area contributed by atoms with Crippen molar-refractivity contribution >= 4 is 11.7 Å². The van der Waals surface area contributed by atoms with Crippen molar-refractivity contribution in [2.45, 2.75) is 26.7 Å². The number of nitrogens with zero attached hydrogens (tertiary/aromatic N) is 1. The van der Waals surface area contributed by atoms with Crippen molar-refractivity contribution in [1.82, 2.24) is 10.2 Å². The summed E-state index contributed by atoms with van der Waals surface area (Å²) in [6.07, 6.45) is 0.358. The average Bonchev–Trinajstić information content (AvgIpc) is 2.65. The highest BCUT2D eigenvalue weighted by molar-refractivity contribution is 5.98. The quantitative estimate of drug-likeness (QED) is 0.436. The smallest absolute Gasteiger partial charge is 0.220 e. The fourth-order valence-electron chi connectivity index (χ4n) is 2.35. The zero-order valence-electron chi connectivity index (χ0n) is 15.5. The first-order valence-corrected chi connectivity index (χ1v) is 8.84. The van der Waals surface area contributed by atoms with Crippen molar-refractivity contribution < 1.29 is 19.1 Å². The Hall–Kier alpha value is -1.92. The molecule has 0 atom stereocenters. The van der Waals surface area contributed by atoms with Crippen LogP contribution in [0.4, 0.5) is 0 Å². The first kappa shape index (κ1) is 21.1. The van der Waals surface area contributed by atoms with E-state index in [1.54, 1.807) is 31.4 Å². The molecule has 1 rings (SSSR count). The van der Waals surface area contributed by atoms with Gasteiger partial charge in [0, 0.05) is 31.5 Å². The van der Waals surface area contributed by atoms with Gasteiger partial charge in [-0.3, -0.25) is 9.59 Å². The summed E-state index contributed by atoms with van der Waals surface area (Å²) in [5.74, 6) is 0.435. The molecule has 0 aliphatic heterocycles. The molecular weight excluding hydrogens is 320 g/mol. The first-order chi connectivity index (χ1) is 12.1. The number of nitrogens with one attached hydrogen (secondary N) is 1. The average molecular weight is 350 g/mol. The molecule has 0 aliphatic rings. The number of Topliss-reactive ketones (excluding diaryl/α,β-unsaturated/α-hetero) is 1. The van der Waals surface area contributed by atoms with Gasteiger partial charge in [0.15, 0.2) is 5.78 Å². The van der Waals surface area contributed by atoms with Crippen LogP contribution in [0.25, 0.3) is 0 Å². The maximum atomic E-state index is 12.1. The molecule has 0 unspecified atom stereocenters. The first-order valence-electron chi connectivity index (χ1n) is 8.84. The molecule has 1 aromatic carbocycles. The second-order valence-corrected chi connectivity index (χ2v) is 5.64. The fraction of sp³-hybridized carbons (Fsp3) is 0.579. The number of benzene rings is 1. The standard InChI is InChI=1S/C19H30N2O4/c1-4-21(5-2)12-14-25-13-11-20-19(23)10-9-18(22)16-7-6-8-17(15-16)24-3/h6-8,15H,4-5,9-14H2,1-3H3,(H,20,23). The van der Waals surface area contributed by atoms with Crippen LogP contribution >= 0.6 is 0 Å². The molecule has 6 nitrogen and oxygen atoms in total. The number of hydrogen-bond acceptors (Lipinski definition) is 5. The van der Waals surface area contributed by atoms with Crippen molar-refractivity contribution in [3.63, 3.8) is 0 Å². The van der Waals surface area contributed by atoms with Crippen LogP contribution in [-0.4, -0.2) is 63.1 Å². The van der Waals surface area contributed by atoms with E-state index in [9.17, 15) is 9.59 Å². The summed E-state index contributed by atoms with van der Waals surface area (Å²) in [6, 6.07) is 6.96. The summed E-state index contributed by atoms with van der Waals surface area (Å²) < 4.78 is 10.6. The molecule has 0 fully saturated rings. The third-order valence-corrected chi connectivity index (χ3v) is 3.99. The monoisotopic (exact) mass is 350 g/mol. The Morgan fingerprint density at radius 3 is 2.56 bits per heavy atom. The lowest BCUT2D eigenvalue weighted by Gasteiger charge is -2.17. The van der Waals surface area contributed by atoms with E-state index >= 15 is 0 Å². The molecule has 0 spiro atoms. The Balaban J connectivity index is 2.15. The molecule has 0 aromatic heterocycles. The second-order valence-electron chi connectivity index (χ2n) is 5.64. The summed E-state index contributed by atoms with van der Waals surface area (Å²) in [5, 5.41) is 2.77. The van der Waals surface area contributed by atoms with Crippen LogP contribution in [0.5, 0.6) is 5.75 Å². The van der Waals surface area contributed by atoms with Gasteiger partial charge in [-0.05, 0) is 25.2 Å². The Kier molecular flexibility index (Phi) is 10.5. The number of methoxy groups -OCH3 is 1. The zero-order chi connectivity index (χ0) is 18.5. The van der Waals surface area contributed by atoms with E-state index in [0.29, 0.717) is 31.1 Å². The van der Waals surface area contributed by atoms with Gasteiger partial charge in [0.05, 0.1) is 20.3 Å². The van der Waals surface area contributed by atoms with Crippen LogP contribution < -0.4 is 10.1 Å². The largest absolute Gasteiger partial charge is 0.497 e. The fourth-order valence-corrected chi connectivity index (χ4v) is 2.35. The molecule has 0 radical (unpaired) electrons. The number of ether oxygens (including phenoxy) is 2. The summed E-state index contributed by atoms with van der Waals surface area (Å²) in [6.45, 7) is 8.77. The van der Waals surface area contributed by atoms with Crippen LogP contribution in [0.2, 0.25) is 0 Å². The minimum Gasteiger partial charge on any atom is -0.497 e. The number of carbonyl (C=O) groups is 2. The third kappa shape index (κ3) is 8.65. The van der Waals surface area contributed by atoms with Crippen molar-refractivity contribution in [3.05, 3.63) is 29.8 Å². The summed E-state index contributed by atoms with van der Waals surface area (Å²) in [5.41, 5.74) is 0.562. The van der Waals surface area contributed by atoms with Crippen molar-refractivity contribution in [2.75, 3.05) is 46.5 Å². The van der Waals surface area contributed by atoms with Crippen LogP contribution in [0, 0.1) is 0 Å². The molecule has 0 saturated heterocycles. The molecule has 1 N–H and O–H groups in total. The lowest BCUT2D eigenvalue weighted by Crippen LogP contribution is -2.30. The molecule has 1 amide bonds. The summed E-state index contributed by atoms with van der Waals surface area (Å²) >= 11 is 0. The Morgan fingerprint density at radius 1 is 1.12 bits per heavy atom. The summed E-state index contributed by atoms with van der Waals surface area (Å²) in [4.78, 5) is 26.2. The second kappa shape index (κ2) is 12.4. The van der Waals surface area contributed by atoms with Gasteiger partial charge in [-0.1, -0.05) is 26.0 Å². The SMILES string of the molecule is CCN(CC)CCOCCNC(=O)CCC(=O)c1cccc(OC)c1. The lowest BCUT2D eigenvalue weighted by molar-refractivity contribution is -0.121. The molecule has 25 heavy (non-hydrogen) atoms. The van der Waals surface area contributed by atoms with Gasteiger partial charge in [0.2, 0.25) is 5.91 Å². The Bertz CT molecular complexity index is 530. The number of rotatable bonds is 13. The van der Waals surface area contributed by atoms with Crippen molar-refractivity contribution in [1.29, 1.82) is 0 Å². The predicted octanol–water partition coefficient (Wildman–Crippen LogP) is 2.13. The Labute approximate surface area is 150 Å². The number of amides is 1. The van der Waals surface area contributed by atoms with E-state index < -0.39 is 0 Å². The number of ketones is 1. The maximum Gasteiger partial charge on any atom is 0.220 e. The Morgan fingerprint density at radius 2 is 1.88 bits per heavy atom. The molecule has 0 heterocycles. The third-order valence-electron chi connectivity index (χ3n) is 3.99. The predicted molar refractivity (Wildman–Crippen MR) is 98.2 cm³/mol. The topological polar surface area (TPSA) is 67.9 Å². The van der Waals surface area contributed by atoms with E-state index in [0.717, 1.165) is 19.6 Å². The lowest BCUT2D eigenvalue weighted by atomic mass is 10.1. The van der Waals surface area contributed by atoms with E-state index in [1.807, 2.05) is 0 Å². The molecule has 6 heteroatoms. The van der Waals surface area contributed by atoms with Gasteiger partial charge < -0.3 is 19.7 Å². The maximum absolute atomic E-state index is 12.1. The van der Waals surface area contributed by atoms with E-state index in [4.69, 9.17) is 9.47 Å². The normalized spacial score (nSPS) is 10.7. The van der Waals surface area contributed by atoms with E-state index in [2.05, 4.69) is 24.1 Å². The molecule has 140 valence electrons. The van der Waals surface area contributed by atoms with Gasteiger partial charge in [0.1, 0.15) is 5.75 Å². The minimum atomic E-state index is -0.136. The van der Waals surface area contributed by atoms with E-state index in [-0.39, 0.29) is 24.5 Å². The van der Waals surface area contributed by atoms with E-state index in [1.165, 1.54) is 0 Å².